The maximum Gasteiger partial charge on any atom is 0.165 e. The highest BCUT2D eigenvalue weighted by Gasteiger charge is 2.01. The molecule has 0 aliphatic carbocycles. The Morgan fingerprint density at radius 3 is 2.58 bits per heavy atom. The van der Waals surface area contributed by atoms with Crippen LogP contribution in [0.3, 0.4) is 0 Å². The van der Waals surface area contributed by atoms with Crippen molar-refractivity contribution in [2.45, 2.75) is 5.75 Å². The molecule has 0 aliphatic heterocycles. The molecule has 0 aliphatic rings. The molecule has 0 bridgehead atoms. The van der Waals surface area contributed by atoms with Gasteiger partial charge in [0.25, 0.3) is 0 Å². The molecule has 0 amide bonds. The predicted octanol–water partition coefficient (Wildman–Crippen LogP) is 0.643. The molecule has 0 atom stereocenters. The minimum Gasteiger partial charge on any atom is -0.505 e. The van der Waals surface area contributed by atoms with Crippen molar-refractivity contribution >= 4 is 10.7 Å². The van der Waals surface area contributed by atoms with Crippen molar-refractivity contribution in [3.8, 4) is 5.75 Å². The van der Waals surface area contributed by atoms with Crippen molar-refractivity contribution < 1.29 is 17.9 Å². The molecule has 3 nitrogen and oxygen atoms in total. The van der Waals surface area contributed by atoms with Gasteiger partial charge in [-0.3, -0.25) is 0 Å². The molecule has 5 heteroatoms. The highest BCUT2D eigenvalue weighted by Crippen LogP contribution is 2.16. The van der Waals surface area contributed by atoms with Gasteiger partial charge in [0, 0.05) is 0 Å². The van der Waals surface area contributed by atoms with Gasteiger partial charge in [-0.05, 0) is 17.7 Å². The van der Waals surface area contributed by atoms with Gasteiger partial charge in [0.15, 0.2) is 11.6 Å². The maximum atomic E-state index is 12.6. The van der Waals surface area contributed by atoms with Crippen LogP contribution in [0.5, 0.6) is 5.75 Å². The van der Waals surface area contributed by atoms with Gasteiger partial charge in [-0.2, -0.15) is 0 Å². The van der Waals surface area contributed by atoms with Gasteiger partial charge in [0.05, 0.1) is 5.75 Å². The Labute approximate surface area is 70.4 Å². The Kier molecular flexibility index (Phi) is 2.65. The van der Waals surface area contributed by atoms with E-state index in [1.165, 1.54) is 6.07 Å². The van der Waals surface area contributed by atoms with Crippen molar-refractivity contribution in [2.75, 3.05) is 0 Å². The van der Waals surface area contributed by atoms with E-state index < -0.39 is 22.3 Å². The first kappa shape index (κ1) is 8.99. The second-order valence-corrected chi connectivity index (χ2v) is 3.26. The Morgan fingerprint density at radius 1 is 1.42 bits per heavy atom. The van der Waals surface area contributed by atoms with Crippen LogP contribution in [0.1, 0.15) is 5.56 Å². The zero-order valence-electron chi connectivity index (χ0n) is 6.03. The monoisotopic (exact) mass is 190 g/mol. The van der Waals surface area contributed by atoms with Gasteiger partial charge in [-0.25, -0.2) is 12.8 Å². The first-order valence-electron chi connectivity index (χ1n) is 3.19. The van der Waals surface area contributed by atoms with Gasteiger partial charge in [-0.15, -0.1) is 0 Å². The van der Waals surface area contributed by atoms with Crippen LogP contribution >= 0.6 is 0 Å². The second-order valence-electron chi connectivity index (χ2n) is 2.28. The first-order valence-corrected chi connectivity index (χ1v) is 4.55. The third kappa shape index (κ3) is 2.20. The molecule has 12 heavy (non-hydrogen) atoms. The standard InChI is InChI=1S/C7H7FO3S/c8-6-3-5(4-12(10)11)1-2-7(6)9/h1-3,9,12H,4H2. The number of phenols is 1. The summed E-state index contributed by atoms with van der Waals surface area (Å²) < 4.78 is 33.0. The minimum atomic E-state index is -2.55. The van der Waals surface area contributed by atoms with Crippen molar-refractivity contribution in [1.82, 2.24) is 0 Å². The van der Waals surface area contributed by atoms with Crippen LogP contribution in [0.25, 0.3) is 0 Å². The molecular formula is C7H7FO3S. The number of benzene rings is 1. The average molecular weight is 190 g/mol. The molecule has 0 spiro atoms. The summed E-state index contributed by atoms with van der Waals surface area (Å²) in [6.07, 6.45) is 0. The average Bonchev–Trinajstić information content (AvgIpc) is 1.96. The second kappa shape index (κ2) is 3.53. The van der Waals surface area contributed by atoms with Crippen molar-refractivity contribution in [2.24, 2.45) is 0 Å². The normalized spacial score (nSPS) is 10.5. The number of rotatable bonds is 2. The zero-order chi connectivity index (χ0) is 9.14. The summed E-state index contributed by atoms with van der Waals surface area (Å²) in [7, 11) is -2.55. The molecule has 1 N–H and O–H groups in total. The van der Waals surface area contributed by atoms with E-state index in [2.05, 4.69) is 0 Å². The number of thiol groups is 1. The maximum absolute atomic E-state index is 12.6. The fourth-order valence-corrected chi connectivity index (χ4v) is 1.29. The van der Waals surface area contributed by atoms with Crippen molar-refractivity contribution in [3.05, 3.63) is 29.6 Å². The van der Waals surface area contributed by atoms with E-state index >= 15 is 0 Å². The van der Waals surface area contributed by atoms with Crippen LogP contribution in [0, 0.1) is 5.82 Å². The number of hydrogen-bond donors (Lipinski definition) is 2. The van der Waals surface area contributed by atoms with E-state index in [-0.39, 0.29) is 5.75 Å². The molecule has 0 saturated carbocycles. The molecule has 66 valence electrons. The van der Waals surface area contributed by atoms with E-state index in [0.29, 0.717) is 5.56 Å². The van der Waals surface area contributed by atoms with Gasteiger partial charge in [-0.1, -0.05) is 6.07 Å². The lowest BCUT2D eigenvalue weighted by Gasteiger charge is -1.96. The lowest BCUT2D eigenvalue weighted by atomic mass is 10.2. The fraction of sp³-hybridized carbons (Fsp3) is 0.143. The van der Waals surface area contributed by atoms with Crippen LogP contribution in [0.2, 0.25) is 0 Å². The lowest BCUT2D eigenvalue weighted by molar-refractivity contribution is 0.432. The molecule has 0 fully saturated rings. The lowest BCUT2D eigenvalue weighted by Crippen LogP contribution is -1.87. The van der Waals surface area contributed by atoms with E-state index in [1.807, 2.05) is 0 Å². The minimum absolute atomic E-state index is 0.202. The zero-order valence-corrected chi connectivity index (χ0v) is 6.92. The smallest absolute Gasteiger partial charge is 0.165 e. The fourth-order valence-electron chi connectivity index (χ4n) is 0.798. The van der Waals surface area contributed by atoms with Gasteiger partial charge in [0.1, 0.15) is 10.7 Å². The Hall–Kier alpha value is -1.10. The molecule has 0 unspecified atom stereocenters. The summed E-state index contributed by atoms with van der Waals surface area (Å²) in [5.41, 5.74) is 0.335. The summed E-state index contributed by atoms with van der Waals surface area (Å²) in [6.45, 7) is 0. The molecule has 0 radical (unpaired) electrons. The summed E-state index contributed by atoms with van der Waals surface area (Å²) in [5, 5.41) is 8.75. The Morgan fingerprint density at radius 2 is 2.08 bits per heavy atom. The van der Waals surface area contributed by atoms with Crippen LogP contribution < -0.4 is 0 Å². The largest absolute Gasteiger partial charge is 0.505 e. The van der Waals surface area contributed by atoms with E-state index in [1.54, 1.807) is 0 Å². The molecule has 0 aromatic heterocycles. The quantitative estimate of drug-likeness (QED) is 0.673. The number of hydrogen-bond acceptors (Lipinski definition) is 3. The third-order valence-corrected chi connectivity index (χ3v) is 1.95. The summed E-state index contributed by atoms with van der Waals surface area (Å²) in [6, 6.07) is 3.49. The molecular weight excluding hydrogens is 183 g/mol. The molecule has 0 saturated heterocycles. The van der Waals surface area contributed by atoms with Crippen LogP contribution in [0.15, 0.2) is 18.2 Å². The number of halogens is 1. The van der Waals surface area contributed by atoms with E-state index in [9.17, 15) is 12.8 Å². The summed E-state index contributed by atoms with van der Waals surface area (Å²) in [4.78, 5) is 0. The molecule has 0 heterocycles. The summed E-state index contributed by atoms with van der Waals surface area (Å²) in [5.74, 6) is -1.48. The Balaban J connectivity index is 2.97. The highest BCUT2D eigenvalue weighted by atomic mass is 32.2. The topological polar surface area (TPSA) is 54.4 Å². The first-order chi connectivity index (χ1) is 5.59. The van der Waals surface area contributed by atoms with Crippen molar-refractivity contribution in [1.29, 1.82) is 0 Å². The Bertz CT molecular complexity index is 352. The predicted molar refractivity (Wildman–Crippen MR) is 42.1 cm³/mol. The number of aromatic hydroxyl groups is 1. The molecule has 1 rings (SSSR count). The third-order valence-electron chi connectivity index (χ3n) is 1.32. The van der Waals surface area contributed by atoms with Crippen LogP contribution in [0.4, 0.5) is 4.39 Å². The number of phenolic OH excluding ortho intramolecular Hbond substituents is 1. The van der Waals surface area contributed by atoms with Crippen molar-refractivity contribution in [3.63, 3.8) is 0 Å². The van der Waals surface area contributed by atoms with Gasteiger partial charge < -0.3 is 5.11 Å². The van der Waals surface area contributed by atoms with Gasteiger partial charge >= 0.3 is 0 Å². The molecule has 1 aromatic carbocycles. The van der Waals surface area contributed by atoms with Crippen LogP contribution in [-0.4, -0.2) is 13.5 Å². The van der Waals surface area contributed by atoms with Crippen LogP contribution in [-0.2, 0) is 16.5 Å². The van der Waals surface area contributed by atoms with E-state index in [4.69, 9.17) is 5.11 Å². The summed E-state index contributed by atoms with van der Waals surface area (Å²) >= 11 is 0. The SMILES string of the molecule is O=[SH](=O)Cc1ccc(O)c(F)c1. The molecule has 1 aromatic rings. The van der Waals surface area contributed by atoms with E-state index in [0.717, 1.165) is 12.1 Å². The van der Waals surface area contributed by atoms with Gasteiger partial charge in [0.2, 0.25) is 0 Å². The highest BCUT2D eigenvalue weighted by molar-refractivity contribution is 7.71.